The molecule has 4 N–H and O–H groups in total. The number of rotatable bonds is 2. The van der Waals surface area contributed by atoms with Crippen LogP contribution in [0.15, 0.2) is 16.9 Å². The highest BCUT2D eigenvalue weighted by Crippen LogP contribution is 2.64. The molecule has 5 heteroatoms. The number of aliphatic hydroxyl groups is 4. The fraction of sp³-hybridized carbons (Fsp3) is 0.789. The molecule has 0 aromatic carbocycles. The zero-order valence-corrected chi connectivity index (χ0v) is 14.2. The minimum absolute atomic E-state index is 0.0783. The second-order valence-electron chi connectivity index (χ2n) is 8.48. The molecule has 2 fully saturated rings. The molecule has 1 aromatic rings. The van der Waals surface area contributed by atoms with Crippen molar-refractivity contribution >= 4 is 0 Å². The van der Waals surface area contributed by atoms with E-state index < -0.39 is 12.2 Å². The molecule has 1 heterocycles. The Hall–Kier alpha value is -0.880. The van der Waals surface area contributed by atoms with E-state index in [1.54, 1.807) is 12.5 Å². The highest BCUT2D eigenvalue weighted by molar-refractivity contribution is 5.37. The molecule has 5 nitrogen and oxygen atoms in total. The molecule has 134 valence electrons. The van der Waals surface area contributed by atoms with Gasteiger partial charge in [-0.15, -0.1) is 0 Å². The van der Waals surface area contributed by atoms with Crippen molar-refractivity contribution in [2.75, 3.05) is 13.2 Å². The number of furan rings is 1. The van der Waals surface area contributed by atoms with Crippen LogP contribution in [0.4, 0.5) is 0 Å². The third-order valence-electron chi connectivity index (χ3n) is 7.68. The van der Waals surface area contributed by atoms with E-state index in [0.717, 1.165) is 31.2 Å². The van der Waals surface area contributed by atoms with Crippen LogP contribution in [0.1, 0.15) is 43.7 Å². The predicted octanol–water partition coefficient (Wildman–Crippen LogP) is 1.22. The van der Waals surface area contributed by atoms with Crippen LogP contribution < -0.4 is 0 Å². The van der Waals surface area contributed by atoms with Crippen LogP contribution in [0, 0.1) is 23.2 Å². The molecule has 0 unspecified atom stereocenters. The van der Waals surface area contributed by atoms with Gasteiger partial charge < -0.3 is 24.8 Å². The third-order valence-corrected chi connectivity index (χ3v) is 7.68. The first-order valence-corrected chi connectivity index (χ1v) is 9.11. The van der Waals surface area contributed by atoms with E-state index in [1.807, 2.05) is 0 Å². The molecular weight excluding hydrogens is 308 g/mol. The molecule has 0 spiro atoms. The zero-order valence-electron chi connectivity index (χ0n) is 14.2. The Balaban J connectivity index is 1.80. The monoisotopic (exact) mass is 336 g/mol. The van der Waals surface area contributed by atoms with E-state index in [4.69, 9.17) is 4.42 Å². The number of aryl methyl sites for hydroxylation is 1. The van der Waals surface area contributed by atoms with Gasteiger partial charge in [0.15, 0.2) is 0 Å². The van der Waals surface area contributed by atoms with Crippen LogP contribution in [-0.4, -0.2) is 45.8 Å². The van der Waals surface area contributed by atoms with Crippen molar-refractivity contribution in [3.63, 3.8) is 0 Å². The molecular formula is C19H28O5. The minimum Gasteiger partial charge on any atom is -0.472 e. The van der Waals surface area contributed by atoms with Crippen molar-refractivity contribution in [3.8, 4) is 0 Å². The Morgan fingerprint density at radius 1 is 1.21 bits per heavy atom. The summed E-state index contributed by atoms with van der Waals surface area (Å²) in [4.78, 5) is 0. The summed E-state index contributed by atoms with van der Waals surface area (Å²) in [6.45, 7) is 2.16. The Labute approximate surface area is 142 Å². The Morgan fingerprint density at radius 3 is 2.71 bits per heavy atom. The second kappa shape index (κ2) is 5.56. The largest absolute Gasteiger partial charge is 0.472 e. The molecule has 3 aliphatic carbocycles. The number of hydrogen-bond acceptors (Lipinski definition) is 5. The summed E-state index contributed by atoms with van der Waals surface area (Å²) in [7, 11) is 0. The molecule has 2 saturated carbocycles. The molecule has 4 rings (SSSR count). The molecule has 0 radical (unpaired) electrons. The van der Waals surface area contributed by atoms with E-state index in [-0.39, 0.29) is 41.8 Å². The van der Waals surface area contributed by atoms with Gasteiger partial charge in [0.2, 0.25) is 0 Å². The van der Waals surface area contributed by atoms with Gasteiger partial charge in [-0.05, 0) is 54.9 Å². The average Bonchev–Trinajstić information content (AvgIpc) is 3.05. The lowest BCUT2D eigenvalue weighted by molar-refractivity contribution is -0.184. The first-order valence-electron chi connectivity index (χ1n) is 9.11. The van der Waals surface area contributed by atoms with Gasteiger partial charge >= 0.3 is 0 Å². The van der Waals surface area contributed by atoms with E-state index >= 15 is 0 Å². The van der Waals surface area contributed by atoms with Gasteiger partial charge in [0, 0.05) is 23.5 Å². The van der Waals surface area contributed by atoms with Gasteiger partial charge in [0.25, 0.3) is 0 Å². The quantitative estimate of drug-likeness (QED) is 0.652. The van der Waals surface area contributed by atoms with Crippen LogP contribution in [0.3, 0.4) is 0 Å². The van der Waals surface area contributed by atoms with Crippen LogP contribution in [0.2, 0.25) is 0 Å². The number of aliphatic hydroxyl groups excluding tert-OH is 4. The van der Waals surface area contributed by atoms with Crippen molar-refractivity contribution in [3.05, 3.63) is 23.7 Å². The van der Waals surface area contributed by atoms with Gasteiger partial charge in [-0.1, -0.05) is 6.92 Å². The second-order valence-corrected chi connectivity index (χ2v) is 8.48. The lowest BCUT2D eigenvalue weighted by atomic mass is 9.42. The Kier molecular flexibility index (Phi) is 3.84. The van der Waals surface area contributed by atoms with Crippen LogP contribution in [0.25, 0.3) is 0 Å². The Morgan fingerprint density at radius 2 is 2.00 bits per heavy atom. The molecule has 0 saturated heterocycles. The standard InChI is InChI=1S/C19H28O5/c1-18-6-15(22)17(23)12(7-20)13(18)4-5-19(10-21)14-9-24-8-11(14)2-3-16(18)19/h8-9,12-13,15-17,20-23H,2-7,10H2,1H3/t12-,13+,15+,16-,17-,18+,19-/m1/s1. The normalized spacial score (nSPS) is 47.6. The van der Waals surface area contributed by atoms with Gasteiger partial charge in [-0.3, -0.25) is 0 Å². The van der Waals surface area contributed by atoms with Crippen LogP contribution >= 0.6 is 0 Å². The van der Waals surface area contributed by atoms with Crippen molar-refractivity contribution in [2.24, 2.45) is 23.2 Å². The summed E-state index contributed by atoms with van der Waals surface area (Å²) in [5, 5.41) is 41.0. The highest BCUT2D eigenvalue weighted by atomic mass is 16.3. The maximum Gasteiger partial charge on any atom is 0.0944 e. The van der Waals surface area contributed by atoms with Crippen LogP contribution in [0.5, 0.6) is 0 Å². The SMILES string of the molecule is C[C@]12C[C@H](O)[C@H](O)[C@H](CO)[C@@H]1CC[C@@]1(CO)c3cocc3CC[C@@H]12. The van der Waals surface area contributed by atoms with E-state index in [2.05, 4.69) is 6.92 Å². The van der Waals surface area contributed by atoms with Crippen molar-refractivity contribution in [2.45, 2.75) is 56.7 Å². The number of hydrogen-bond donors (Lipinski definition) is 4. The smallest absolute Gasteiger partial charge is 0.0944 e. The van der Waals surface area contributed by atoms with Gasteiger partial charge in [0.05, 0.1) is 31.3 Å². The molecule has 24 heavy (non-hydrogen) atoms. The molecule has 3 aliphatic rings. The summed E-state index contributed by atoms with van der Waals surface area (Å²) >= 11 is 0. The zero-order chi connectivity index (χ0) is 17.1. The third kappa shape index (κ3) is 1.96. The summed E-state index contributed by atoms with van der Waals surface area (Å²) in [5.74, 6) is 0.0928. The lowest BCUT2D eigenvalue weighted by Gasteiger charge is -2.63. The summed E-state index contributed by atoms with van der Waals surface area (Å²) in [5.41, 5.74) is 1.79. The van der Waals surface area contributed by atoms with Crippen molar-refractivity contribution in [1.29, 1.82) is 0 Å². The highest BCUT2D eigenvalue weighted by Gasteiger charge is 2.62. The number of fused-ring (bicyclic) bond motifs is 5. The predicted molar refractivity (Wildman–Crippen MR) is 87.3 cm³/mol. The molecule has 7 atom stereocenters. The lowest BCUT2D eigenvalue weighted by Crippen LogP contribution is -2.63. The average molecular weight is 336 g/mol. The first kappa shape index (κ1) is 16.6. The maximum atomic E-state index is 10.4. The summed E-state index contributed by atoms with van der Waals surface area (Å²) in [6.07, 6.45) is 5.98. The van der Waals surface area contributed by atoms with Gasteiger partial charge in [-0.25, -0.2) is 0 Å². The first-order chi connectivity index (χ1) is 11.5. The van der Waals surface area contributed by atoms with Crippen LogP contribution in [-0.2, 0) is 11.8 Å². The van der Waals surface area contributed by atoms with Crippen molar-refractivity contribution < 1.29 is 24.8 Å². The molecule has 1 aromatic heterocycles. The fourth-order valence-electron chi connectivity index (χ4n) is 6.59. The van der Waals surface area contributed by atoms with E-state index in [1.165, 1.54) is 5.56 Å². The topological polar surface area (TPSA) is 94.1 Å². The Bertz CT molecular complexity index is 613. The van der Waals surface area contributed by atoms with Crippen molar-refractivity contribution in [1.82, 2.24) is 0 Å². The summed E-state index contributed by atoms with van der Waals surface area (Å²) in [6, 6.07) is 0. The van der Waals surface area contributed by atoms with E-state index in [0.29, 0.717) is 6.42 Å². The molecule has 0 bridgehead atoms. The maximum absolute atomic E-state index is 10.4. The molecule has 0 amide bonds. The summed E-state index contributed by atoms with van der Waals surface area (Å²) < 4.78 is 5.45. The fourth-order valence-corrected chi connectivity index (χ4v) is 6.59. The molecule has 0 aliphatic heterocycles. The van der Waals surface area contributed by atoms with Gasteiger partial charge in [0.1, 0.15) is 0 Å². The van der Waals surface area contributed by atoms with E-state index in [9.17, 15) is 20.4 Å². The minimum atomic E-state index is -0.859. The van der Waals surface area contributed by atoms with Gasteiger partial charge in [-0.2, -0.15) is 0 Å².